The number of nitrogens with zero attached hydrogens (tertiary/aromatic N) is 4. The number of benzene rings is 2. The van der Waals surface area contributed by atoms with Crippen molar-refractivity contribution in [3.8, 4) is 0 Å². The molecule has 4 aromatic rings. The lowest BCUT2D eigenvalue weighted by molar-refractivity contribution is 0.659. The van der Waals surface area contributed by atoms with E-state index in [4.69, 9.17) is 12.2 Å². The predicted molar refractivity (Wildman–Crippen MR) is 116 cm³/mol. The summed E-state index contributed by atoms with van der Waals surface area (Å²) in [7, 11) is 0. The second kappa shape index (κ2) is 8.22. The van der Waals surface area contributed by atoms with E-state index in [1.165, 1.54) is 16.3 Å². The Kier molecular flexibility index (Phi) is 5.34. The summed E-state index contributed by atoms with van der Waals surface area (Å²) >= 11 is 5.39. The SMILES string of the molecule is CCn1cc(CNC(=S)Nc2cnn(Cc3cccc4ccccc34)c2)cn1. The minimum atomic E-state index is 0.564. The van der Waals surface area contributed by atoms with Crippen molar-refractivity contribution >= 4 is 33.8 Å². The minimum absolute atomic E-state index is 0.564. The van der Waals surface area contributed by atoms with Gasteiger partial charge in [-0.15, -0.1) is 0 Å². The van der Waals surface area contributed by atoms with Gasteiger partial charge in [-0.2, -0.15) is 10.2 Å². The van der Waals surface area contributed by atoms with E-state index in [0.717, 1.165) is 17.8 Å². The molecule has 4 rings (SSSR count). The molecule has 0 aliphatic carbocycles. The van der Waals surface area contributed by atoms with Crippen LogP contribution in [0.25, 0.3) is 10.8 Å². The number of nitrogens with one attached hydrogen (secondary N) is 2. The first-order valence-electron chi connectivity index (χ1n) is 9.26. The number of aryl methyl sites for hydroxylation is 1. The molecule has 0 unspecified atom stereocenters. The van der Waals surface area contributed by atoms with Crippen LogP contribution in [-0.2, 0) is 19.6 Å². The molecule has 0 aliphatic rings. The van der Waals surface area contributed by atoms with Crippen molar-refractivity contribution in [2.24, 2.45) is 0 Å². The molecule has 0 spiro atoms. The molecule has 142 valence electrons. The van der Waals surface area contributed by atoms with Crippen LogP contribution in [0.1, 0.15) is 18.1 Å². The van der Waals surface area contributed by atoms with Crippen LogP contribution >= 0.6 is 12.2 Å². The number of hydrogen-bond donors (Lipinski definition) is 2. The first-order valence-corrected chi connectivity index (χ1v) is 9.67. The molecule has 2 heterocycles. The maximum atomic E-state index is 5.39. The van der Waals surface area contributed by atoms with Gasteiger partial charge in [-0.25, -0.2) is 0 Å². The highest BCUT2D eigenvalue weighted by Crippen LogP contribution is 2.19. The van der Waals surface area contributed by atoms with Crippen LogP contribution in [0.5, 0.6) is 0 Å². The van der Waals surface area contributed by atoms with Crippen molar-refractivity contribution in [2.75, 3.05) is 5.32 Å². The van der Waals surface area contributed by atoms with Crippen LogP contribution in [0.2, 0.25) is 0 Å². The molecular weight excluding hydrogens is 368 g/mol. The fourth-order valence-corrected chi connectivity index (χ4v) is 3.34. The van der Waals surface area contributed by atoms with Gasteiger partial charge >= 0.3 is 0 Å². The van der Waals surface area contributed by atoms with Gasteiger partial charge < -0.3 is 10.6 Å². The topological polar surface area (TPSA) is 59.7 Å². The first-order chi connectivity index (χ1) is 13.7. The standard InChI is InChI=1S/C21H22N6S/c1-2-26-13-16(11-23-26)10-22-21(28)25-19-12-24-27(15-19)14-18-8-5-7-17-6-3-4-9-20(17)18/h3-9,11-13,15H,2,10,14H2,1H3,(H2,22,25,28). The van der Waals surface area contributed by atoms with Crippen molar-refractivity contribution < 1.29 is 0 Å². The lowest BCUT2D eigenvalue weighted by atomic mass is 10.0. The maximum absolute atomic E-state index is 5.39. The third kappa shape index (κ3) is 4.20. The van der Waals surface area contributed by atoms with Crippen LogP contribution in [0.15, 0.2) is 67.3 Å². The molecule has 0 fully saturated rings. The van der Waals surface area contributed by atoms with Crippen LogP contribution in [0.3, 0.4) is 0 Å². The fourth-order valence-electron chi connectivity index (χ4n) is 3.15. The molecular formula is C21H22N6S. The van der Waals surface area contributed by atoms with Crippen molar-refractivity contribution in [3.63, 3.8) is 0 Å². The Hall–Kier alpha value is -3.19. The third-order valence-corrected chi connectivity index (χ3v) is 4.81. The average Bonchev–Trinajstić information content (AvgIpc) is 3.36. The second-order valence-corrected chi connectivity index (χ2v) is 6.99. The molecule has 2 aromatic heterocycles. The number of rotatable bonds is 6. The van der Waals surface area contributed by atoms with E-state index in [1.807, 2.05) is 28.0 Å². The second-order valence-electron chi connectivity index (χ2n) is 6.58. The molecule has 0 saturated carbocycles. The van der Waals surface area contributed by atoms with Gasteiger partial charge in [0, 0.05) is 31.0 Å². The zero-order valence-corrected chi connectivity index (χ0v) is 16.5. The number of aromatic nitrogens is 4. The Morgan fingerprint density at radius 1 is 1.00 bits per heavy atom. The van der Waals surface area contributed by atoms with Crippen LogP contribution in [0.4, 0.5) is 5.69 Å². The molecule has 0 aliphatic heterocycles. The summed E-state index contributed by atoms with van der Waals surface area (Å²) in [6, 6.07) is 14.7. The molecule has 7 heteroatoms. The monoisotopic (exact) mass is 390 g/mol. The largest absolute Gasteiger partial charge is 0.358 e. The predicted octanol–water partition coefficient (Wildman–Crippen LogP) is 3.79. The van der Waals surface area contributed by atoms with Crippen molar-refractivity contribution in [3.05, 3.63) is 78.4 Å². The van der Waals surface area contributed by atoms with Gasteiger partial charge in [-0.1, -0.05) is 42.5 Å². The summed E-state index contributed by atoms with van der Waals surface area (Å²) in [5.74, 6) is 0. The molecule has 0 bridgehead atoms. The Labute approximate surface area is 169 Å². The van der Waals surface area contributed by atoms with Crippen LogP contribution in [0, 0.1) is 0 Å². The van der Waals surface area contributed by atoms with Crippen LogP contribution in [-0.4, -0.2) is 24.7 Å². The normalized spacial score (nSPS) is 10.9. The van der Waals surface area contributed by atoms with Gasteiger partial charge in [0.25, 0.3) is 0 Å². The Bertz CT molecular complexity index is 1090. The van der Waals surface area contributed by atoms with Gasteiger partial charge in [-0.3, -0.25) is 9.36 Å². The van der Waals surface area contributed by atoms with E-state index in [-0.39, 0.29) is 0 Å². The van der Waals surface area contributed by atoms with Crippen LogP contribution < -0.4 is 10.6 Å². The van der Waals surface area contributed by atoms with Crippen molar-refractivity contribution in [1.29, 1.82) is 0 Å². The molecule has 2 N–H and O–H groups in total. The summed E-state index contributed by atoms with van der Waals surface area (Å²) in [6.07, 6.45) is 7.61. The first kappa shape index (κ1) is 18.2. The zero-order valence-electron chi connectivity index (χ0n) is 15.7. The number of thiocarbonyl (C=S) groups is 1. The number of anilines is 1. The summed E-state index contributed by atoms with van der Waals surface area (Å²) < 4.78 is 3.81. The molecule has 0 saturated heterocycles. The van der Waals surface area contributed by atoms with E-state index in [1.54, 1.807) is 6.20 Å². The van der Waals surface area contributed by atoms with E-state index >= 15 is 0 Å². The smallest absolute Gasteiger partial charge is 0.171 e. The summed E-state index contributed by atoms with van der Waals surface area (Å²) in [4.78, 5) is 0. The van der Waals surface area contributed by atoms with Gasteiger partial charge in [-0.05, 0) is 35.5 Å². The molecule has 2 aromatic carbocycles. The molecule has 0 atom stereocenters. The van der Waals surface area contributed by atoms with Gasteiger partial charge in [0.15, 0.2) is 5.11 Å². The quantitative estimate of drug-likeness (QED) is 0.491. The number of fused-ring (bicyclic) bond motifs is 1. The Morgan fingerprint density at radius 2 is 1.82 bits per heavy atom. The highest BCUT2D eigenvalue weighted by atomic mass is 32.1. The maximum Gasteiger partial charge on any atom is 0.171 e. The minimum Gasteiger partial charge on any atom is -0.358 e. The lowest BCUT2D eigenvalue weighted by Crippen LogP contribution is -2.27. The van der Waals surface area contributed by atoms with Gasteiger partial charge in [0.1, 0.15) is 0 Å². The summed E-state index contributed by atoms with van der Waals surface area (Å²) in [5, 5.41) is 18.2. The Morgan fingerprint density at radius 3 is 2.68 bits per heavy atom. The molecule has 6 nitrogen and oxygen atoms in total. The lowest BCUT2D eigenvalue weighted by Gasteiger charge is -2.08. The molecule has 0 amide bonds. The van der Waals surface area contributed by atoms with Crippen molar-refractivity contribution in [2.45, 2.75) is 26.6 Å². The summed E-state index contributed by atoms with van der Waals surface area (Å²) in [6.45, 7) is 4.26. The highest BCUT2D eigenvalue weighted by molar-refractivity contribution is 7.80. The van der Waals surface area contributed by atoms with E-state index in [0.29, 0.717) is 18.2 Å². The third-order valence-electron chi connectivity index (χ3n) is 4.57. The van der Waals surface area contributed by atoms with E-state index in [2.05, 4.69) is 70.2 Å². The fraction of sp³-hybridized carbons (Fsp3) is 0.190. The van der Waals surface area contributed by atoms with E-state index in [9.17, 15) is 0 Å². The average molecular weight is 391 g/mol. The highest BCUT2D eigenvalue weighted by Gasteiger charge is 2.05. The zero-order chi connectivity index (χ0) is 19.3. The Balaban J connectivity index is 1.36. The van der Waals surface area contributed by atoms with Gasteiger partial charge in [0.05, 0.1) is 24.6 Å². The molecule has 28 heavy (non-hydrogen) atoms. The van der Waals surface area contributed by atoms with Crippen molar-refractivity contribution in [1.82, 2.24) is 24.9 Å². The summed E-state index contributed by atoms with van der Waals surface area (Å²) in [5.41, 5.74) is 3.20. The van der Waals surface area contributed by atoms with E-state index < -0.39 is 0 Å². The van der Waals surface area contributed by atoms with Gasteiger partial charge in [0.2, 0.25) is 0 Å². The molecule has 0 radical (unpaired) electrons. The number of hydrogen-bond acceptors (Lipinski definition) is 3.